The Morgan fingerprint density at radius 3 is 2.73 bits per heavy atom. The van der Waals surface area contributed by atoms with E-state index in [1.165, 1.54) is 35.4 Å². The first-order valence-electron chi connectivity index (χ1n) is 10.1. The number of nitrogens with zero attached hydrogens (tertiary/aromatic N) is 2. The molecule has 0 bridgehead atoms. The molecule has 1 N–H and O–H groups in total. The molecule has 1 atom stereocenters. The molecule has 3 heterocycles. The monoisotopic (exact) mass is 464 g/mol. The van der Waals surface area contributed by atoms with Crippen molar-refractivity contribution in [2.45, 2.75) is 13.0 Å². The van der Waals surface area contributed by atoms with Gasteiger partial charge in [0.25, 0.3) is 5.91 Å². The molecule has 4 aromatic rings. The minimum absolute atomic E-state index is 0.00601. The molecule has 1 aliphatic heterocycles. The summed E-state index contributed by atoms with van der Waals surface area (Å²) in [4.78, 5) is 32.1. The van der Waals surface area contributed by atoms with Crippen LogP contribution >= 0.6 is 11.3 Å². The molecule has 0 fully saturated rings. The molecule has 33 heavy (non-hydrogen) atoms. The van der Waals surface area contributed by atoms with Gasteiger partial charge in [0.05, 0.1) is 34.7 Å². The number of hydrogen-bond donors (Lipinski definition) is 1. The summed E-state index contributed by atoms with van der Waals surface area (Å²) in [5.74, 6) is -1.88. The van der Waals surface area contributed by atoms with E-state index in [2.05, 4.69) is 4.98 Å². The van der Waals surface area contributed by atoms with Crippen molar-refractivity contribution < 1.29 is 28.2 Å². The van der Waals surface area contributed by atoms with E-state index in [-0.39, 0.29) is 16.5 Å². The zero-order valence-corrected chi connectivity index (χ0v) is 18.1. The van der Waals surface area contributed by atoms with Gasteiger partial charge in [-0.25, -0.2) is 9.37 Å². The number of thiazole rings is 1. The van der Waals surface area contributed by atoms with E-state index in [9.17, 15) is 19.1 Å². The van der Waals surface area contributed by atoms with Gasteiger partial charge in [-0.2, -0.15) is 0 Å². The molecule has 0 aliphatic carbocycles. The lowest BCUT2D eigenvalue weighted by atomic mass is 9.95. The number of ether oxygens (including phenoxy) is 1. The number of benzene rings is 2. The van der Waals surface area contributed by atoms with Gasteiger partial charge in [-0.15, -0.1) is 0 Å². The van der Waals surface area contributed by atoms with Crippen molar-refractivity contribution in [3.8, 4) is 5.75 Å². The molecule has 1 unspecified atom stereocenters. The topological polar surface area (TPSA) is 92.9 Å². The average Bonchev–Trinajstić information content (AvgIpc) is 3.53. The van der Waals surface area contributed by atoms with Gasteiger partial charge in [0.1, 0.15) is 11.6 Å². The standard InChI is InChI=1S/C24H17FN2O5S/c1-2-31-15-8-5-13(6-9-15)20-19(21(28)17-4-3-11-32-17)22(29)23(30)27(20)24-26-16-10-7-14(25)12-18(16)33-24/h3-12,20,29H,2H2,1H3. The summed E-state index contributed by atoms with van der Waals surface area (Å²) in [5.41, 5.74) is 0.945. The molecule has 0 saturated heterocycles. The van der Waals surface area contributed by atoms with Crippen LogP contribution in [0.2, 0.25) is 0 Å². The predicted molar refractivity (Wildman–Crippen MR) is 120 cm³/mol. The lowest BCUT2D eigenvalue weighted by Crippen LogP contribution is -2.30. The molecule has 1 aliphatic rings. The van der Waals surface area contributed by atoms with Gasteiger partial charge in [0, 0.05) is 0 Å². The fourth-order valence-electron chi connectivity index (χ4n) is 3.79. The number of ketones is 1. The summed E-state index contributed by atoms with van der Waals surface area (Å²) in [7, 11) is 0. The number of aliphatic hydroxyl groups excluding tert-OH is 1. The summed E-state index contributed by atoms with van der Waals surface area (Å²) in [5, 5.41) is 11.0. The number of amides is 1. The highest BCUT2D eigenvalue weighted by atomic mass is 32.1. The third kappa shape index (κ3) is 3.56. The third-order valence-electron chi connectivity index (χ3n) is 5.25. The van der Waals surface area contributed by atoms with Crippen molar-refractivity contribution in [1.82, 2.24) is 4.98 Å². The second kappa shape index (κ2) is 8.18. The van der Waals surface area contributed by atoms with Crippen LogP contribution in [0.5, 0.6) is 5.75 Å². The molecule has 0 saturated carbocycles. The number of aromatic nitrogens is 1. The first-order valence-corrected chi connectivity index (χ1v) is 10.9. The molecule has 7 nitrogen and oxygen atoms in total. The maximum atomic E-state index is 13.7. The quantitative estimate of drug-likeness (QED) is 0.394. The number of anilines is 1. The fourth-order valence-corrected chi connectivity index (χ4v) is 4.81. The van der Waals surface area contributed by atoms with Crippen molar-refractivity contribution in [2.24, 2.45) is 0 Å². The van der Waals surface area contributed by atoms with Crippen LogP contribution in [0.25, 0.3) is 10.2 Å². The predicted octanol–water partition coefficient (Wildman–Crippen LogP) is 5.21. The van der Waals surface area contributed by atoms with Crippen LogP contribution in [0, 0.1) is 5.82 Å². The van der Waals surface area contributed by atoms with E-state index in [4.69, 9.17) is 9.15 Å². The average molecular weight is 464 g/mol. The van der Waals surface area contributed by atoms with Gasteiger partial charge in [0.2, 0.25) is 5.78 Å². The Kier molecular flexibility index (Phi) is 5.18. The number of hydrogen-bond acceptors (Lipinski definition) is 7. The smallest absolute Gasteiger partial charge is 0.296 e. The minimum Gasteiger partial charge on any atom is -0.503 e. The highest BCUT2D eigenvalue weighted by molar-refractivity contribution is 7.22. The van der Waals surface area contributed by atoms with Crippen LogP contribution in [0.3, 0.4) is 0 Å². The summed E-state index contributed by atoms with van der Waals surface area (Å²) >= 11 is 1.09. The minimum atomic E-state index is -0.962. The maximum absolute atomic E-state index is 13.7. The Hall–Kier alpha value is -3.98. The molecule has 166 valence electrons. The lowest BCUT2D eigenvalue weighted by molar-refractivity contribution is -0.117. The van der Waals surface area contributed by atoms with Gasteiger partial charge >= 0.3 is 0 Å². The van der Waals surface area contributed by atoms with Gasteiger partial charge in [-0.3, -0.25) is 14.5 Å². The molecule has 9 heteroatoms. The Balaban J connectivity index is 1.65. The third-order valence-corrected chi connectivity index (χ3v) is 6.27. The van der Waals surface area contributed by atoms with Gasteiger partial charge in [0.15, 0.2) is 16.7 Å². The summed E-state index contributed by atoms with van der Waals surface area (Å²) in [6.45, 7) is 2.35. The van der Waals surface area contributed by atoms with Crippen molar-refractivity contribution in [1.29, 1.82) is 0 Å². The highest BCUT2D eigenvalue weighted by Crippen LogP contribution is 2.44. The Bertz CT molecular complexity index is 1390. The lowest BCUT2D eigenvalue weighted by Gasteiger charge is -2.24. The molecule has 0 radical (unpaired) electrons. The van der Waals surface area contributed by atoms with Gasteiger partial charge in [-0.05, 0) is 55.0 Å². The van der Waals surface area contributed by atoms with Gasteiger partial charge in [-0.1, -0.05) is 23.5 Å². The molecular weight excluding hydrogens is 447 g/mol. The maximum Gasteiger partial charge on any atom is 0.296 e. The molecular formula is C24H17FN2O5S. The second-order valence-corrected chi connectivity index (χ2v) is 8.27. The first-order chi connectivity index (χ1) is 16.0. The van der Waals surface area contributed by atoms with E-state index < -0.39 is 29.3 Å². The van der Waals surface area contributed by atoms with E-state index >= 15 is 0 Å². The van der Waals surface area contributed by atoms with E-state index in [1.807, 2.05) is 6.92 Å². The van der Waals surface area contributed by atoms with Crippen LogP contribution < -0.4 is 9.64 Å². The molecule has 2 aromatic carbocycles. The number of carbonyl (C=O) groups is 2. The zero-order chi connectivity index (χ0) is 23.1. The number of halogens is 1. The molecule has 0 spiro atoms. The van der Waals surface area contributed by atoms with Gasteiger partial charge < -0.3 is 14.3 Å². The Labute approximate surface area is 191 Å². The second-order valence-electron chi connectivity index (χ2n) is 7.26. The Morgan fingerprint density at radius 2 is 2.03 bits per heavy atom. The van der Waals surface area contributed by atoms with E-state index in [1.54, 1.807) is 30.3 Å². The fraction of sp³-hybridized carbons (Fsp3) is 0.125. The van der Waals surface area contributed by atoms with Crippen LogP contribution in [0.1, 0.15) is 29.1 Å². The highest BCUT2D eigenvalue weighted by Gasteiger charge is 2.46. The summed E-state index contributed by atoms with van der Waals surface area (Å²) in [6, 6.07) is 13.1. The number of carbonyl (C=O) groups excluding carboxylic acids is 2. The molecule has 1 amide bonds. The number of fused-ring (bicyclic) bond motifs is 1. The normalized spacial score (nSPS) is 16.1. The van der Waals surface area contributed by atoms with Crippen molar-refractivity contribution >= 4 is 38.4 Å². The van der Waals surface area contributed by atoms with Crippen LogP contribution in [-0.4, -0.2) is 28.4 Å². The van der Waals surface area contributed by atoms with Crippen LogP contribution in [0.4, 0.5) is 9.52 Å². The van der Waals surface area contributed by atoms with Crippen LogP contribution in [-0.2, 0) is 4.79 Å². The van der Waals surface area contributed by atoms with Crippen molar-refractivity contribution in [3.63, 3.8) is 0 Å². The molecule has 5 rings (SSSR count). The summed E-state index contributed by atoms with van der Waals surface area (Å²) in [6.07, 6.45) is 1.34. The largest absolute Gasteiger partial charge is 0.503 e. The van der Waals surface area contributed by atoms with E-state index in [0.29, 0.717) is 28.1 Å². The number of rotatable bonds is 6. The zero-order valence-electron chi connectivity index (χ0n) is 17.3. The summed E-state index contributed by atoms with van der Waals surface area (Å²) < 4.78 is 25.0. The van der Waals surface area contributed by atoms with E-state index in [0.717, 1.165) is 11.3 Å². The number of aliphatic hydroxyl groups is 1. The van der Waals surface area contributed by atoms with Crippen molar-refractivity contribution in [3.05, 3.63) is 89.3 Å². The Morgan fingerprint density at radius 1 is 1.24 bits per heavy atom. The molecule has 2 aromatic heterocycles. The first kappa shape index (κ1) is 20.9. The number of furan rings is 1. The number of Topliss-reactive ketones (excluding diaryl/α,β-unsaturated/α-hetero) is 1. The van der Waals surface area contributed by atoms with Crippen LogP contribution in [0.15, 0.2) is 76.6 Å². The SMILES string of the molecule is CCOc1ccc(C2C(C(=O)c3ccco3)=C(O)C(=O)N2c2nc3ccc(F)cc3s2)cc1. The van der Waals surface area contributed by atoms with Crippen molar-refractivity contribution in [2.75, 3.05) is 11.5 Å².